The Kier molecular flexibility index (Phi) is 5.46. The number of ether oxygens (including phenoxy) is 1. The summed E-state index contributed by atoms with van der Waals surface area (Å²) in [6, 6.07) is 6.52. The largest absolute Gasteiger partial charge is 0.484 e. The molecular weight excluding hydrogens is 336 g/mol. The van der Waals surface area contributed by atoms with Crippen molar-refractivity contribution < 1.29 is 24.2 Å². The lowest BCUT2D eigenvalue weighted by molar-refractivity contribution is -0.160. The van der Waals surface area contributed by atoms with Crippen molar-refractivity contribution in [2.24, 2.45) is 0 Å². The fraction of sp³-hybridized carbons (Fsp3) is 0.312. The van der Waals surface area contributed by atoms with Gasteiger partial charge in [-0.15, -0.1) is 0 Å². The van der Waals surface area contributed by atoms with Gasteiger partial charge in [0.2, 0.25) is 0 Å². The number of carboxylic acids is 1. The summed E-state index contributed by atoms with van der Waals surface area (Å²) in [6.45, 7) is 4.77. The topological polar surface area (TPSA) is 95.9 Å². The molecule has 0 spiro atoms. The first-order valence-electron chi connectivity index (χ1n) is 7.14. The average molecular weight is 353 g/mol. The first-order chi connectivity index (χ1) is 11.3. The Labute approximate surface area is 143 Å². The molecule has 2 rings (SSSR count). The molecule has 0 aromatic heterocycles. The van der Waals surface area contributed by atoms with E-state index in [0.29, 0.717) is 5.75 Å². The predicted molar refractivity (Wildman–Crippen MR) is 86.6 cm³/mol. The van der Waals surface area contributed by atoms with Gasteiger partial charge in [0.15, 0.2) is 12.6 Å². The van der Waals surface area contributed by atoms with Crippen LogP contribution >= 0.6 is 11.6 Å². The molecule has 1 aromatic carbocycles. The van der Waals surface area contributed by atoms with Gasteiger partial charge < -0.3 is 20.1 Å². The van der Waals surface area contributed by atoms with Gasteiger partial charge in [0.25, 0.3) is 11.8 Å². The number of amides is 2. The smallest absolute Gasteiger partial charge is 0.330 e. The molecule has 1 fully saturated rings. The normalized spacial score (nSPS) is 20.8. The summed E-state index contributed by atoms with van der Waals surface area (Å²) in [5, 5.41) is 11.6. The summed E-state index contributed by atoms with van der Waals surface area (Å²) in [4.78, 5) is 36.2. The molecule has 2 amide bonds. The molecule has 1 saturated heterocycles. The Balaban J connectivity index is 1.90. The molecule has 3 atom stereocenters. The molecule has 128 valence electrons. The molecule has 2 N–H and O–H groups in total. The number of aliphatic carboxylic acids is 1. The zero-order chi connectivity index (χ0) is 17.9. The fourth-order valence-corrected chi connectivity index (χ4v) is 2.71. The van der Waals surface area contributed by atoms with Gasteiger partial charge >= 0.3 is 5.97 Å². The molecule has 1 aliphatic rings. The van der Waals surface area contributed by atoms with E-state index in [9.17, 15) is 19.5 Å². The zero-order valence-electron chi connectivity index (χ0n) is 12.9. The van der Waals surface area contributed by atoms with Crippen molar-refractivity contribution >= 4 is 29.4 Å². The van der Waals surface area contributed by atoms with E-state index in [2.05, 4.69) is 11.9 Å². The molecule has 1 aliphatic heterocycles. The molecule has 0 radical (unpaired) electrons. The Morgan fingerprint density at radius 1 is 1.42 bits per heavy atom. The van der Waals surface area contributed by atoms with Gasteiger partial charge in [-0.3, -0.25) is 9.59 Å². The first-order valence-corrected chi connectivity index (χ1v) is 7.58. The second-order valence-corrected chi connectivity index (χ2v) is 5.80. The maximum absolute atomic E-state index is 12.1. The standard InChI is InChI=1S/C16H17ClN2O5/c1-9(2)13(16(22)23)19-14(17)12(15(19)21)18-11(20)8-24-10-6-4-3-5-7-10/h3-7,12-14H,1,8H2,2H3,(H,18,20)(H,22,23)/t12-,13?,14-/m1/s1. The third kappa shape index (κ3) is 3.68. The van der Waals surface area contributed by atoms with Crippen LogP contribution in [0.1, 0.15) is 6.92 Å². The van der Waals surface area contributed by atoms with E-state index in [1.54, 1.807) is 24.3 Å². The number of nitrogens with one attached hydrogen (secondary N) is 1. The van der Waals surface area contributed by atoms with Crippen molar-refractivity contribution in [3.63, 3.8) is 0 Å². The van der Waals surface area contributed by atoms with Gasteiger partial charge in [0.05, 0.1) is 0 Å². The maximum atomic E-state index is 12.1. The van der Waals surface area contributed by atoms with Gasteiger partial charge in [0.1, 0.15) is 17.3 Å². The Hall–Kier alpha value is -2.54. The second kappa shape index (κ2) is 7.35. The number of hydrogen-bond acceptors (Lipinski definition) is 4. The Bertz CT molecular complexity index is 650. The molecule has 0 bridgehead atoms. The highest BCUT2D eigenvalue weighted by Crippen LogP contribution is 2.29. The van der Waals surface area contributed by atoms with E-state index in [1.807, 2.05) is 6.07 Å². The predicted octanol–water partition coefficient (Wildman–Crippen LogP) is 0.987. The maximum Gasteiger partial charge on any atom is 0.330 e. The highest BCUT2D eigenvalue weighted by Gasteiger charge is 2.52. The molecule has 24 heavy (non-hydrogen) atoms. The summed E-state index contributed by atoms with van der Waals surface area (Å²) in [6.07, 6.45) is 0. The summed E-state index contributed by atoms with van der Waals surface area (Å²) in [7, 11) is 0. The van der Waals surface area contributed by atoms with Gasteiger partial charge in [-0.2, -0.15) is 0 Å². The van der Waals surface area contributed by atoms with Crippen molar-refractivity contribution in [2.45, 2.75) is 24.5 Å². The van der Waals surface area contributed by atoms with E-state index in [1.165, 1.54) is 6.92 Å². The summed E-state index contributed by atoms with van der Waals surface area (Å²) < 4.78 is 5.27. The van der Waals surface area contributed by atoms with E-state index < -0.39 is 35.4 Å². The summed E-state index contributed by atoms with van der Waals surface area (Å²) in [5.41, 5.74) is -0.685. The number of para-hydroxylation sites is 1. The highest BCUT2D eigenvalue weighted by atomic mass is 35.5. The van der Waals surface area contributed by atoms with Crippen LogP contribution < -0.4 is 10.1 Å². The van der Waals surface area contributed by atoms with Gasteiger partial charge in [0, 0.05) is 0 Å². The highest BCUT2D eigenvalue weighted by molar-refractivity contribution is 6.27. The number of carbonyl (C=O) groups is 3. The monoisotopic (exact) mass is 352 g/mol. The molecule has 0 saturated carbocycles. The van der Waals surface area contributed by atoms with Crippen LogP contribution in [0.4, 0.5) is 0 Å². The number of nitrogens with zero attached hydrogens (tertiary/aromatic N) is 1. The Morgan fingerprint density at radius 2 is 2.04 bits per heavy atom. The van der Waals surface area contributed by atoms with Crippen molar-refractivity contribution in [1.82, 2.24) is 10.2 Å². The number of carbonyl (C=O) groups excluding carboxylic acids is 2. The lowest BCUT2D eigenvalue weighted by Crippen LogP contribution is -2.72. The van der Waals surface area contributed by atoms with Crippen LogP contribution in [0.3, 0.4) is 0 Å². The molecular formula is C16H17ClN2O5. The molecule has 1 heterocycles. The van der Waals surface area contributed by atoms with E-state index in [4.69, 9.17) is 16.3 Å². The van der Waals surface area contributed by atoms with Crippen LogP contribution in [0, 0.1) is 0 Å². The molecule has 8 heteroatoms. The lowest BCUT2D eigenvalue weighted by Gasteiger charge is -2.46. The number of β-lactam (4-membered cyclic amide) rings is 1. The third-order valence-electron chi connectivity index (χ3n) is 3.47. The minimum absolute atomic E-state index is 0.277. The van der Waals surface area contributed by atoms with Crippen molar-refractivity contribution in [3.05, 3.63) is 42.5 Å². The summed E-state index contributed by atoms with van der Waals surface area (Å²) in [5.74, 6) is -1.80. The van der Waals surface area contributed by atoms with Crippen LogP contribution in [-0.2, 0) is 14.4 Å². The number of benzene rings is 1. The van der Waals surface area contributed by atoms with Crippen molar-refractivity contribution in [3.8, 4) is 5.75 Å². The number of likely N-dealkylation sites (tertiary alicyclic amines) is 1. The number of hydrogen-bond donors (Lipinski definition) is 2. The molecule has 7 nitrogen and oxygen atoms in total. The fourth-order valence-electron chi connectivity index (χ4n) is 2.33. The van der Waals surface area contributed by atoms with Gasteiger partial charge in [-0.25, -0.2) is 4.79 Å². The first kappa shape index (κ1) is 17.8. The van der Waals surface area contributed by atoms with E-state index in [0.717, 1.165) is 4.90 Å². The molecule has 0 aliphatic carbocycles. The van der Waals surface area contributed by atoms with Crippen LogP contribution in [-0.4, -0.2) is 52.0 Å². The Morgan fingerprint density at radius 3 is 2.54 bits per heavy atom. The van der Waals surface area contributed by atoms with Crippen LogP contribution in [0.25, 0.3) is 0 Å². The quantitative estimate of drug-likeness (QED) is 0.330. The van der Waals surface area contributed by atoms with Crippen molar-refractivity contribution in [1.29, 1.82) is 0 Å². The second-order valence-electron chi connectivity index (χ2n) is 5.35. The zero-order valence-corrected chi connectivity index (χ0v) is 13.7. The van der Waals surface area contributed by atoms with Crippen LogP contribution in [0.5, 0.6) is 5.75 Å². The van der Waals surface area contributed by atoms with E-state index >= 15 is 0 Å². The SMILES string of the molecule is C=C(C)C(C(=O)O)N1C(=O)[C@H](NC(=O)COc2ccccc2)[C@@H]1Cl. The minimum Gasteiger partial charge on any atom is -0.484 e. The number of rotatable bonds is 7. The van der Waals surface area contributed by atoms with E-state index in [-0.39, 0.29) is 12.2 Å². The molecule has 1 aromatic rings. The van der Waals surface area contributed by atoms with Crippen LogP contribution in [0.2, 0.25) is 0 Å². The number of carboxylic acid groups (broad SMARTS) is 1. The van der Waals surface area contributed by atoms with Crippen LogP contribution in [0.15, 0.2) is 42.5 Å². The van der Waals surface area contributed by atoms with Gasteiger partial charge in [-0.1, -0.05) is 36.4 Å². The number of alkyl halides is 1. The van der Waals surface area contributed by atoms with Gasteiger partial charge in [-0.05, 0) is 24.6 Å². The third-order valence-corrected chi connectivity index (χ3v) is 3.93. The minimum atomic E-state index is -1.22. The average Bonchev–Trinajstić information content (AvgIpc) is 2.55. The molecule has 1 unspecified atom stereocenters. The van der Waals surface area contributed by atoms with Crippen molar-refractivity contribution in [2.75, 3.05) is 6.61 Å². The number of halogens is 1. The summed E-state index contributed by atoms with van der Waals surface area (Å²) >= 11 is 6.07. The lowest BCUT2D eigenvalue weighted by atomic mass is 9.99.